The SMILES string of the molecule is CCCCCCCCCCCCCCCCCCCCCCCCCCCC[SH](CCC(=O)O)CCC(=O)O. The van der Waals surface area contributed by atoms with Crippen LogP contribution in [0.15, 0.2) is 0 Å². The summed E-state index contributed by atoms with van der Waals surface area (Å²) in [4.78, 5) is 21.7. The molecule has 234 valence electrons. The Balaban J connectivity index is 3.27. The molecule has 0 aliphatic carbocycles. The van der Waals surface area contributed by atoms with Crippen LogP contribution in [0, 0.1) is 0 Å². The van der Waals surface area contributed by atoms with Crippen molar-refractivity contribution < 1.29 is 19.8 Å². The van der Waals surface area contributed by atoms with E-state index in [1.807, 2.05) is 0 Å². The van der Waals surface area contributed by atoms with E-state index >= 15 is 0 Å². The number of hydrogen-bond acceptors (Lipinski definition) is 2. The van der Waals surface area contributed by atoms with E-state index < -0.39 is 22.8 Å². The smallest absolute Gasteiger partial charge is 0.304 e. The lowest BCUT2D eigenvalue weighted by atomic mass is 10.0. The largest absolute Gasteiger partial charge is 0.481 e. The fourth-order valence-corrected chi connectivity index (χ4v) is 7.85. The van der Waals surface area contributed by atoms with Gasteiger partial charge in [0.25, 0.3) is 0 Å². The van der Waals surface area contributed by atoms with E-state index in [-0.39, 0.29) is 12.8 Å². The molecular formula is C34H68O4S. The Kier molecular flexibility index (Phi) is 31.2. The van der Waals surface area contributed by atoms with Gasteiger partial charge in [0.05, 0.1) is 12.8 Å². The molecule has 0 aromatic rings. The molecule has 4 nitrogen and oxygen atoms in total. The van der Waals surface area contributed by atoms with Crippen molar-refractivity contribution in [3.05, 3.63) is 0 Å². The van der Waals surface area contributed by atoms with Gasteiger partial charge in [-0.25, -0.2) is 0 Å². The van der Waals surface area contributed by atoms with Crippen molar-refractivity contribution in [1.82, 2.24) is 0 Å². The van der Waals surface area contributed by atoms with Gasteiger partial charge in [0.15, 0.2) is 0 Å². The summed E-state index contributed by atoms with van der Waals surface area (Å²) in [5.41, 5.74) is 0. The topological polar surface area (TPSA) is 74.6 Å². The third-order valence-electron chi connectivity index (χ3n) is 8.11. The van der Waals surface area contributed by atoms with Crippen molar-refractivity contribution in [1.29, 1.82) is 0 Å². The molecule has 0 saturated carbocycles. The Hall–Kier alpha value is -0.710. The van der Waals surface area contributed by atoms with E-state index in [1.165, 1.54) is 161 Å². The highest BCUT2D eigenvalue weighted by molar-refractivity contribution is 8.17. The summed E-state index contributed by atoms with van der Waals surface area (Å²) in [5.74, 6) is 0.870. The molecule has 0 aromatic heterocycles. The molecule has 0 bridgehead atoms. The maximum atomic E-state index is 10.8. The zero-order valence-electron chi connectivity index (χ0n) is 26.1. The minimum absolute atomic E-state index is 0.185. The maximum Gasteiger partial charge on any atom is 0.304 e. The average molecular weight is 573 g/mol. The molecule has 0 atom stereocenters. The van der Waals surface area contributed by atoms with Crippen LogP contribution in [-0.2, 0) is 9.59 Å². The second kappa shape index (κ2) is 31.8. The predicted octanol–water partition coefficient (Wildman–Crippen LogP) is 11.1. The van der Waals surface area contributed by atoms with Crippen molar-refractivity contribution in [3.63, 3.8) is 0 Å². The summed E-state index contributed by atoms with van der Waals surface area (Å²) in [7, 11) is -0.437. The standard InChI is InChI=1S/C34H68O4S/c1-2-3-4-5-6-7-8-9-10-11-12-13-14-15-16-17-18-19-20-21-22-23-24-25-26-27-30-39(31-28-33(35)36)32-29-34(37)38/h39H,2-32H2,1H3,(H,35,36)(H,37,38). The van der Waals surface area contributed by atoms with Gasteiger partial charge in [0.1, 0.15) is 0 Å². The molecule has 0 aliphatic heterocycles. The molecule has 0 amide bonds. The van der Waals surface area contributed by atoms with Gasteiger partial charge in [-0.3, -0.25) is 20.5 Å². The number of hydrogen-bond donors (Lipinski definition) is 3. The summed E-state index contributed by atoms with van der Waals surface area (Å²) in [5, 5.41) is 17.8. The lowest BCUT2D eigenvalue weighted by Crippen LogP contribution is -2.08. The van der Waals surface area contributed by atoms with Gasteiger partial charge in [0, 0.05) is 0 Å². The highest BCUT2D eigenvalue weighted by atomic mass is 32.2. The Morgan fingerprint density at radius 2 is 0.615 bits per heavy atom. The second-order valence-electron chi connectivity index (χ2n) is 12.0. The van der Waals surface area contributed by atoms with Crippen LogP contribution in [0.25, 0.3) is 0 Å². The zero-order valence-corrected chi connectivity index (χ0v) is 27.0. The Morgan fingerprint density at radius 3 is 0.846 bits per heavy atom. The maximum absolute atomic E-state index is 10.8. The van der Waals surface area contributed by atoms with E-state index in [4.69, 9.17) is 10.2 Å². The first-order valence-electron chi connectivity index (χ1n) is 17.2. The quantitative estimate of drug-likeness (QED) is 0.0540. The van der Waals surface area contributed by atoms with Crippen LogP contribution in [0.3, 0.4) is 0 Å². The highest BCUT2D eigenvalue weighted by Gasteiger charge is 2.09. The molecule has 2 N–H and O–H groups in total. The van der Waals surface area contributed by atoms with Gasteiger partial charge in [-0.2, -0.15) is 0 Å². The van der Waals surface area contributed by atoms with Gasteiger partial charge in [-0.15, -0.1) is 0 Å². The van der Waals surface area contributed by atoms with Gasteiger partial charge in [0.2, 0.25) is 0 Å². The number of carbonyl (C=O) groups is 2. The number of carboxylic acid groups (broad SMARTS) is 2. The summed E-state index contributed by atoms with van der Waals surface area (Å²) in [6.45, 7) is 2.29. The predicted molar refractivity (Wildman–Crippen MR) is 174 cm³/mol. The molecule has 0 rings (SSSR count). The molecule has 0 aromatic carbocycles. The van der Waals surface area contributed by atoms with Crippen LogP contribution in [0.5, 0.6) is 0 Å². The average Bonchev–Trinajstić information content (AvgIpc) is 2.91. The highest BCUT2D eigenvalue weighted by Crippen LogP contribution is 2.29. The van der Waals surface area contributed by atoms with Crippen molar-refractivity contribution >= 4 is 22.8 Å². The van der Waals surface area contributed by atoms with E-state index in [0.29, 0.717) is 11.5 Å². The third-order valence-corrected chi connectivity index (χ3v) is 10.8. The van der Waals surface area contributed by atoms with E-state index in [1.54, 1.807) is 0 Å². The Labute approximate surface area is 246 Å². The fourth-order valence-electron chi connectivity index (χ4n) is 5.49. The molecule has 0 saturated heterocycles. The number of unbranched alkanes of at least 4 members (excludes halogenated alkanes) is 25. The lowest BCUT2D eigenvalue weighted by Gasteiger charge is -2.19. The van der Waals surface area contributed by atoms with Crippen LogP contribution < -0.4 is 0 Å². The van der Waals surface area contributed by atoms with Crippen LogP contribution in [-0.4, -0.2) is 39.4 Å². The molecule has 0 aliphatic rings. The van der Waals surface area contributed by atoms with E-state index in [0.717, 1.165) is 12.2 Å². The summed E-state index contributed by atoms with van der Waals surface area (Å²) < 4.78 is 0. The monoisotopic (exact) mass is 572 g/mol. The molecule has 0 heterocycles. The van der Waals surface area contributed by atoms with Crippen LogP contribution in [0.4, 0.5) is 0 Å². The lowest BCUT2D eigenvalue weighted by molar-refractivity contribution is -0.137. The van der Waals surface area contributed by atoms with Crippen LogP contribution in [0.2, 0.25) is 0 Å². The second-order valence-corrected chi connectivity index (χ2v) is 14.7. The summed E-state index contributed by atoms with van der Waals surface area (Å²) in [6.07, 6.45) is 36.7. The van der Waals surface area contributed by atoms with Crippen molar-refractivity contribution in [2.24, 2.45) is 0 Å². The van der Waals surface area contributed by atoms with Crippen LogP contribution >= 0.6 is 10.9 Å². The summed E-state index contributed by atoms with van der Waals surface area (Å²) >= 11 is 0. The van der Waals surface area contributed by atoms with Crippen molar-refractivity contribution in [3.8, 4) is 0 Å². The molecule has 5 heteroatoms. The first-order valence-corrected chi connectivity index (χ1v) is 19.1. The third kappa shape index (κ3) is 33.4. The molecule has 0 radical (unpaired) electrons. The number of thiol groups is 1. The van der Waals surface area contributed by atoms with Gasteiger partial charge >= 0.3 is 11.9 Å². The first-order chi connectivity index (χ1) is 19.1. The Morgan fingerprint density at radius 1 is 0.385 bits per heavy atom. The minimum Gasteiger partial charge on any atom is -0.481 e. The van der Waals surface area contributed by atoms with Crippen molar-refractivity contribution in [2.75, 3.05) is 17.3 Å². The zero-order chi connectivity index (χ0) is 28.7. The van der Waals surface area contributed by atoms with Crippen LogP contribution in [0.1, 0.15) is 187 Å². The first kappa shape index (κ1) is 38.3. The molecule has 0 unspecified atom stereocenters. The van der Waals surface area contributed by atoms with Gasteiger partial charge < -0.3 is 10.2 Å². The normalized spacial score (nSPS) is 11.7. The fraction of sp³-hybridized carbons (Fsp3) is 0.941. The van der Waals surface area contributed by atoms with E-state index in [2.05, 4.69) is 6.92 Å². The van der Waals surface area contributed by atoms with Crippen molar-refractivity contribution in [2.45, 2.75) is 187 Å². The minimum atomic E-state index is -0.761. The molecule has 39 heavy (non-hydrogen) atoms. The van der Waals surface area contributed by atoms with E-state index in [9.17, 15) is 9.59 Å². The number of rotatable bonds is 33. The number of aliphatic carboxylic acids is 2. The molecule has 0 fully saturated rings. The van der Waals surface area contributed by atoms with Gasteiger partial charge in [-0.05, 0) is 23.7 Å². The molecular weight excluding hydrogens is 504 g/mol. The number of carboxylic acids is 2. The summed E-state index contributed by atoms with van der Waals surface area (Å²) in [6, 6.07) is 0. The molecule has 0 spiro atoms. The Bertz CT molecular complexity index is 507. The van der Waals surface area contributed by atoms with Gasteiger partial charge in [-0.1, -0.05) is 167 Å².